The summed E-state index contributed by atoms with van der Waals surface area (Å²) >= 11 is 0. The molecular weight excluding hydrogens is 300 g/mol. The van der Waals surface area contributed by atoms with Crippen LogP contribution in [0.25, 0.3) is 0 Å². The maximum atomic E-state index is 11.3. The maximum Gasteiger partial charge on any atom is 0.208 e. The van der Waals surface area contributed by atoms with Gasteiger partial charge in [-0.3, -0.25) is 4.90 Å². The molecule has 1 atom stereocenters. The first-order chi connectivity index (χ1) is 10.2. The largest absolute Gasteiger partial charge is 0.487 e. The second-order valence-electron chi connectivity index (χ2n) is 7.09. The summed E-state index contributed by atoms with van der Waals surface area (Å²) < 4.78 is 31.2. The molecule has 0 saturated carbocycles. The third-order valence-electron chi connectivity index (χ3n) is 4.19. The molecule has 2 aliphatic heterocycles. The second kappa shape index (κ2) is 5.51. The summed E-state index contributed by atoms with van der Waals surface area (Å²) in [6.07, 6.45) is 3.03. The van der Waals surface area contributed by atoms with Crippen LogP contribution in [-0.4, -0.2) is 44.3 Å². The van der Waals surface area contributed by atoms with Gasteiger partial charge in [0, 0.05) is 32.1 Å². The summed E-state index contributed by atoms with van der Waals surface area (Å²) in [5.74, 6) is 0.992. The Labute approximate surface area is 132 Å². The molecule has 0 amide bonds. The molecule has 6 heteroatoms. The van der Waals surface area contributed by atoms with E-state index in [0.717, 1.165) is 38.2 Å². The Morgan fingerprint density at radius 2 is 2.18 bits per heavy atom. The number of nitrogens with one attached hydrogen (secondary N) is 1. The van der Waals surface area contributed by atoms with Crippen LogP contribution in [-0.2, 0) is 23.0 Å². The predicted molar refractivity (Wildman–Crippen MR) is 86.5 cm³/mol. The highest BCUT2D eigenvalue weighted by atomic mass is 32.2. The highest BCUT2D eigenvalue weighted by molar-refractivity contribution is 7.88. The van der Waals surface area contributed by atoms with Gasteiger partial charge in [-0.1, -0.05) is 12.1 Å². The highest BCUT2D eigenvalue weighted by Crippen LogP contribution is 2.35. The smallest absolute Gasteiger partial charge is 0.208 e. The lowest BCUT2D eigenvalue weighted by molar-refractivity contribution is 0.138. The molecule has 22 heavy (non-hydrogen) atoms. The Kier molecular flexibility index (Phi) is 3.95. The average molecular weight is 324 g/mol. The van der Waals surface area contributed by atoms with E-state index in [2.05, 4.69) is 41.7 Å². The highest BCUT2D eigenvalue weighted by Gasteiger charge is 2.30. The summed E-state index contributed by atoms with van der Waals surface area (Å²) in [5.41, 5.74) is 2.42. The molecule has 1 aromatic carbocycles. The van der Waals surface area contributed by atoms with Crippen LogP contribution in [0.4, 0.5) is 0 Å². The fraction of sp³-hybridized carbons (Fsp3) is 0.625. The third-order valence-corrected chi connectivity index (χ3v) is 4.95. The van der Waals surface area contributed by atoms with E-state index in [1.807, 2.05) is 0 Å². The van der Waals surface area contributed by atoms with Crippen molar-refractivity contribution in [2.75, 3.05) is 19.3 Å². The van der Waals surface area contributed by atoms with Gasteiger partial charge in [0.1, 0.15) is 11.4 Å². The topological polar surface area (TPSA) is 58.6 Å². The van der Waals surface area contributed by atoms with Gasteiger partial charge in [0.2, 0.25) is 10.0 Å². The molecule has 2 aliphatic rings. The molecule has 1 saturated heterocycles. The Morgan fingerprint density at radius 3 is 2.91 bits per heavy atom. The van der Waals surface area contributed by atoms with E-state index < -0.39 is 10.0 Å². The van der Waals surface area contributed by atoms with Crippen LogP contribution in [0.15, 0.2) is 18.2 Å². The zero-order chi connectivity index (χ0) is 16.0. The third kappa shape index (κ3) is 3.80. The molecule has 2 heterocycles. The normalized spacial score (nSPS) is 24.2. The number of fused-ring (bicyclic) bond motifs is 1. The summed E-state index contributed by atoms with van der Waals surface area (Å²) in [5, 5.41) is 0. The lowest BCUT2D eigenvalue weighted by atomic mass is 10.00. The number of hydrogen-bond acceptors (Lipinski definition) is 4. The first-order valence-corrected chi connectivity index (χ1v) is 9.60. The van der Waals surface area contributed by atoms with Gasteiger partial charge in [-0.05, 0) is 37.5 Å². The van der Waals surface area contributed by atoms with Crippen molar-refractivity contribution in [1.29, 1.82) is 0 Å². The van der Waals surface area contributed by atoms with Gasteiger partial charge in [-0.15, -0.1) is 0 Å². The van der Waals surface area contributed by atoms with Crippen LogP contribution < -0.4 is 9.46 Å². The number of benzene rings is 1. The predicted octanol–water partition coefficient (Wildman–Crippen LogP) is 1.52. The number of rotatable bonds is 4. The minimum absolute atomic E-state index is 0.0340. The fourth-order valence-electron chi connectivity index (χ4n) is 3.39. The van der Waals surface area contributed by atoms with Crippen molar-refractivity contribution in [3.8, 4) is 5.75 Å². The van der Waals surface area contributed by atoms with E-state index in [4.69, 9.17) is 4.74 Å². The van der Waals surface area contributed by atoms with E-state index in [9.17, 15) is 8.42 Å². The van der Waals surface area contributed by atoms with Crippen molar-refractivity contribution in [2.45, 2.75) is 44.9 Å². The van der Waals surface area contributed by atoms with Crippen LogP contribution in [0.2, 0.25) is 0 Å². The molecule has 0 aliphatic carbocycles. The van der Waals surface area contributed by atoms with Crippen molar-refractivity contribution < 1.29 is 13.2 Å². The zero-order valence-electron chi connectivity index (χ0n) is 13.4. The number of ether oxygens (including phenoxy) is 1. The standard InChI is InChI=1S/C16H24N2O3S/c1-16(2)9-13-8-12(4-5-15(13)21-16)10-18-7-6-14(11-18)17-22(3,19)20/h4-5,8,14,17H,6-7,9-11H2,1-3H3. The molecule has 122 valence electrons. The Hall–Kier alpha value is -1.11. The van der Waals surface area contributed by atoms with Crippen molar-refractivity contribution >= 4 is 10.0 Å². The average Bonchev–Trinajstić information content (AvgIpc) is 2.89. The van der Waals surface area contributed by atoms with E-state index >= 15 is 0 Å². The van der Waals surface area contributed by atoms with Gasteiger partial charge in [0.05, 0.1) is 6.26 Å². The monoisotopic (exact) mass is 324 g/mol. The number of nitrogens with zero attached hydrogens (tertiary/aromatic N) is 1. The second-order valence-corrected chi connectivity index (χ2v) is 8.87. The maximum absolute atomic E-state index is 11.3. The number of likely N-dealkylation sites (tertiary alicyclic amines) is 1. The Balaban J connectivity index is 1.61. The quantitative estimate of drug-likeness (QED) is 0.912. The molecule has 0 radical (unpaired) electrons. The van der Waals surface area contributed by atoms with E-state index in [-0.39, 0.29) is 11.6 Å². The van der Waals surface area contributed by atoms with Gasteiger partial charge in [-0.25, -0.2) is 13.1 Å². The lowest BCUT2D eigenvalue weighted by Crippen LogP contribution is -2.36. The molecule has 1 fully saturated rings. The van der Waals surface area contributed by atoms with Crippen LogP contribution >= 0.6 is 0 Å². The molecule has 0 aromatic heterocycles. The minimum atomic E-state index is -3.12. The van der Waals surface area contributed by atoms with E-state index in [1.54, 1.807) is 0 Å². The number of hydrogen-bond donors (Lipinski definition) is 1. The Bertz CT molecular complexity index is 670. The van der Waals surface area contributed by atoms with Gasteiger partial charge in [-0.2, -0.15) is 0 Å². The van der Waals surface area contributed by atoms with Gasteiger partial charge in [0.15, 0.2) is 0 Å². The fourth-order valence-corrected chi connectivity index (χ4v) is 4.19. The first-order valence-electron chi connectivity index (χ1n) is 7.71. The summed E-state index contributed by atoms with van der Waals surface area (Å²) in [6.45, 7) is 6.76. The van der Waals surface area contributed by atoms with E-state index in [1.165, 1.54) is 17.4 Å². The van der Waals surface area contributed by atoms with Crippen molar-refractivity contribution in [3.05, 3.63) is 29.3 Å². The lowest BCUT2D eigenvalue weighted by Gasteiger charge is -2.17. The van der Waals surface area contributed by atoms with Gasteiger partial charge in [0.25, 0.3) is 0 Å². The minimum Gasteiger partial charge on any atom is -0.487 e. The molecule has 1 unspecified atom stereocenters. The summed E-state index contributed by atoms with van der Waals surface area (Å²) in [4.78, 5) is 2.30. The summed E-state index contributed by atoms with van der Waals surface area (Å²) in [6, 6.07) is 6.42. The molecule has 0 bridgehead atoms. The molecule has 0 spiro atoms. The Morgan fingerprint density at radius 1 is 1.41 bits per heavy atom. The van der Waals surface area contributed by atoms with Crippen LogP contribution in [0, 0.1) is 0 Å². The first kappa shape index (κ1) is 15.8. The molecule has 3 rings (SSSR count). The molecule has 5 nitrogen and oxygen atoms in total. The van der Waals surface area contributed by atoms with E-state index in [0.29, 0.717) is 0 Å². The van der Waals surface area contributed by atoms with Crippen LogP contribution in [0.3, 0.4) is 0 Å². The molecule has 1 aromatic rings. The van der Waals surface area contributed by atoms with Gasteiger partial charge >= 0.3 is 0 Å². The molecule has 1 N–H and O–H groups in total. The SMILES string of the molecule is CC1(C)Cc2cc(CN3CCC(NS(C)(=O)=O)C3)ccc2O1. The van der Waals surface area contributed by atoms with Crippen LogP contribution in [0.1, 0.15) is 31.4 Å². The van der Waals surface area contributed by atoms with Crippen molar-refractivity contribution in [3.63, 3.8) is 0 Å². The molecular formula is C16H24N2O3S. The van der Waals surface area contributed by atoms with Crippen LogP contribution in [0.5, 0.6) is 5.75 Å². The zero-order valence-corrected chi connectivity index (χ0v) is 14.2. The summed E-state index contributed by atoms with van der Waals surface area (Å²) in [7, 11) is -3.12. The van der Waals surface area contributed by atoms with Crippen molar-refractivity contribution in [2.24, 2.45) is 0 Å². The van der Waals surface area contributed by atoms with Crippen molar-refractivity contribution in [1.82, 2.24) is 9.62 Å². The number of sulfonamides is 1. The van der Waals surface area contributed by atoms with Gasteiger partial charge < -0.3 is 4.74 Å².